The number of ether oxygens (including phenoxy) is 1. The summed E-state index contributed by atoms with van der Waals surface area (Å²) < 4.78 is 5.85. The zero-order valence-corrected chi connectivity index (χ0v) is 11.8. The van der Waals surface area contributed by atoms with Crippen LogP contribution in [0.2, 0.25) is 0 Å². The topological polar surface area (TPSA) is 24.5 Å². The molecule has 1 unspecified atom stereocenters. The molecular weight excluding hydrogens is 236 g/mol. The van der Waals surface area contributed by atoms with Crippen LogP contribution in [0.5, 0.6) is 5.75 Å². The number of hydrogen-bond acceptors (Lipinski definition) is 3. The highest BCUT2D eigenvalue weighted by Gasteiger charge is 2.33. The summed E-state index contributed by atoms with van der Waals surface area (Å²) in [6.45, 7) is 7.46. The molecule has 0 aromatic heterocycles. The van der Waals surface area contributed by atoms with E-state index in [1.165, 1.54) is 31.4 Å². The van der Waals surface area contributed by atoms with Crippen LogP contribution in [0.25, 0.3) is 0 Å². The summed E-state index contributed by atoms with van der Waals surface area (Å²) in [5, 5.41) is 3.73. The highest BCUT2D eigenvalue weighted by Crippen LogP contribution is 2.27. The average molecular weight is 260 g/mol. The van der Waals surface area contributed by atoms with Crippen LogP contribution in [0.15, 0.2) is 24.3 Å². The van der Waals surface area contributed by atoms with E-state index in [1.54, 1.807) is 0 Å². The van der Waals surface area contributed by atoms with Crippen molar-refractivity contribution in [1.82, 2.24) is 10.2 Å². The first kappa shape index (κ1) is 12.9. The van der Waals surface area contributed by atoms with E-state index in [9.17, 15) is 0 Å². The molecule has 2 aliphatic heterocycles. The number of nitrogens with zero attached hydrogens (tertiary/aromatic N) is 1. The summed E-state index contributed by atoms with van der Waals surface area (Å²) in [5.41, 5.74) is 1.66. The molecule has 19 heavy (non-hydrogen) atoms. The van der Waals surface area contributed by atoms with E-state index in [0.717, 1.165) is 32.0 Å². The first-order valence-electron chi connectivity index (χ1n) is 7.49. The van der Waals surface area contributed by atoms with E-state index in [-0.39, 0.29) is 0 Å². The maximum atomic E-state index is 5.85. The molecule has 1 aromatic rings. The van der Waals surface area contributed by atoms with Crippen molar-refractivity contribution in [2.75, 3.05) is 26.2 Å². The third-order valence-corrected chi connectivity index (χ3v) is 4.57. The normalized spacial score (nSPS) is 27.6. The molecule has 1 fully saturated rings. The molecule has 1 saturated heterocycles. The third-order valence-electron chi connectivity index (χ3n) is 4.57. The van der Waals surface area contributed by atoms with E-state index in [2.05, 4.69) is 41.4 Å². The number of benzene rings is 1. The Bertz CT molecular complexity index is 427. The van der Waals surface area contributed by atoms with Crippen molar-refractivity contribution in [3.8, 4) is 5.75 Å². The minimum atomic E-state index is 0.333. The second-order valence-electron chi connectivity index (χ2n) is 5.83. The number of hydrogen-bond donors (Lipinski definition) is 1. The van der Waals surface area contributed by atoms with Gasteiger partial charge in [0, 0.05) is 30.7 Å². The molecular formula is C16H24N2O. The fourth-order valence-corrected chi connectivity index (χ4v) is 3.36. The summed E-state index contributed by atoms with van der Waals surface area (Å²) in [6, 6.07) is 8.44. The minimum Gasteiger partial charge on any atom is -0.492 e. The maximum absolute atomic E-state index is 5.85. The van der Waals surface area contributed by atoms with Crippen molar-refractivity contribution in [3.63, 3.8) is 0 Å². The number of rotatable bonds is 3. The quantitative estimate of drug-likeness (QED) is 0.903. The molecule has 2 aliphatic rings. The van der Waals surface area contributed by atoms with Gasteiger partial charge in [0.2, 0.25) is 0 Å². The van der Waals surface area contributed by atoms with Gasteiger partial charge in [-0.1, -0.05) is 25.1 Å². The number of nitrogens with one attached hydrogen (secondary N) is 1. The highest BCUT2D eigenvalue weighted by atomic mass is 16.5. The van der Waals surface area contributed by atoms with E-state index < -0.39 is 0 Å². The molecule has 0 saturated carbocycles. The Balaban J connectivity index is 1.72. The molecule has 0 aliphatic carbocycles. The van der Waals surface area contributed by atoms with Gasteiger partial charge in [0.05, 0.1) is 0 Å². The van der Waals surface area contributed by atoms with Gasteiger partial charge in [-0.25, -0.2) is 0 Å². The van der Waals surface area contributed by atoms with Gasteiger partial charge in [-0.05, 0) is 31.9 Å². The van der Waals surface area contributed by atoms with E-state index in [0.29, 0.717) is 5.54 Å². The Morgan fingerprint density at radius 3 is 3.05 bits per heavy atom. The molecule has 0 spiro atoms. The summed E-state index contributed by atoms with van der Waals surface area (Å²) >= 11 is 0. The first-order valence-corrected chi connectivity index (χ1v) is 7.49. The lowest BCUT2D eigenvalue weighted by Gasteiger charge is -2.34. The second kappa shape index (κ2) is 5.51. The molecule has 1 N–H and O–H groups in total. The van der Waals surface area contributed by atoms with E-state index >= 15 is 0 Å². The molecule has 3 rings (SSSR count). The molecule has 3 nitrogen and oxygen atoms in total. The Morgan fingerprint density at radius 1 is 1.37 bits per heavy atom. The summed E-state index contributed by atoms with van der Waals surface area (Å²) in [4.78, 5) is 2.55. The standard InChI is InChI=1S/C16H24N2O/c1-2-16(8-5-9-17-16)13-18-10-11-19-15-7-4-3-6-14(15)12-18/h3-4,6-7,17H,2,5,8-13H2,1H3. The average Bonchev–Trinajstić information content (AvgIpc) is 2.80. The zero-order valence-electron chi connectivity index (χ0n) is 11.8. The summed E-state index contributed by atoms with van der Waals surface area (Å²) in [5.74, 6) is 1.06. The maximum Gasteiger partial charge on any atom is 0.123 e. The van der Waals surface area contributed by atoms with Crippen LogP contribution < -0.4 is 10.1 Å². The van der Waals surface area contributed by atoms with Crippen LogP contribution in [-0.4, -0.2) is 36.7 Å². The van der Waals surface area contributed by atoms with Gasteiger partial charge in [0.1, 0.15) is 12.4 Å². The predicted octanol–water partition coefficient (Wildman–Crippen LogP) is 2.41. The summed E-state index contributed by atoms with van der Waals surface area (Å²) in [6.07, 6.45) is 3.84. The molecule has 0 radical (unpaired) electrons. The smallest absolute Gasteiger partial charge is 0.123 e. The molecule has 1 aromatic carbocycles. The van der Waals surface area contributed by atoms with Crippen LogP contribution >= 0.6 is 0 Å². The van der Waals surface area contributed by atoms with Crippen LogP contribution in [0.1, 0.15) is 31.7 Å². The SMILES string of the molecule is CCC1(CN2CCOc3ccccc3C2)CCCN1. The lowest BCUT2D eigenvalue weighted by Crippen LogP contribution is -2.49. The fraction of sp³-hybridized carbons (Fsp3) is 0.625. The minimum absolute atomic E-state index is 0.333. The third kappa shape index (κ3) is 2.77. The fourth-order valence-electron chi connectivity index (χ4n) is 3.36. The van der Waals surface area contributed by atoms with Gasteiger partial charge in [-0.15, -0.1) is 0 Å². The van der Waals surface area contributed by atoms with Crippen molar-refractivity contribution >= 4 is 0 Å². The Morgan fingerprint density at radius 2 is 2.26 bits per heavy atom. The summed E-state index contributed by atoms with van der Waals surface area (Å²) in [7, 11) is 0. The zero-order chi connectivity index (χ0) is 13.1. The van der Waals surface area contributed by atoms with Crippen LogP contribution in [0.4, 0.5) is 0 Å². The first-order chi connectivity index (χ1) is 9.31. The largest absolute Gasteiger partial charge is 0.492 e. The van der Waals surface area contributed by atoms with Crippen molar-refractivity contribution in [1.29, 1.82) is 0 Å². The van der Waals surface area contributed by atoms with Gasteiger partial charge in [-0.2, -0.15) is 0 Å². The predicted molar refractivity (Wildman–Crippen MR) is 77.5 cm³/mol. The molecule has 0 amide bonds. The Kier molecular flexibility index (Phi) is 3.76. The highest BCUT2D eigenvalue weighted by molar-refractivity contribution is 5.33. The Hall–Kier alpha value is -1.06. The van der Waals surface area contributed by atoms with Crippen molar-refractivity contribution in [3.05, 3.63) is 29.8 Å². The number of fused-ring (bicyclic) bond motifs is 1. The van der Waals surface area contributed by atoms with Gasteiger partial charge in [0.15, 0.2) is 0 Å². The van der Waals surface area contributed by atoms with E-state index in [1.807, 2.05) is 0 Å². The molecule has 3 heteroatoms. The van der Waals surface area contributed by atoms with Crippen LogP contribution in [0.3, 0.4) is 0 Å². The second-order valence-corrected chi connectivity index (χ2v) is 5.83. The van der Waals surface area contributed by atoms with Crippen LogP contribution in [-0.2, 0) is 6.54 Å². The molecule has 1 atom stereocenters. The lowest BCUT2D eigenvalue weighted by atomic mass is 9.93. The van der Waals surface area contributed by atoms with Gasteiger partial charge < -0.3 is 10.1 Å². The van der Waals surface area contributed by atoms with Gasteiger partial charge in [0.25, 0.3) is 0 Å². The van der Waals surface area contributed by atoms with Crippen molar-refractivity contribution in [2.24, 2.45) is 0 Å². The monoisotopic (exact) mass is 260 g/mol. The van der Waals surface area contributed by atoms with E-state index in [4.69, 9.17) is 4.74 Å². The van der Waals surface area contributed by atoms with Gasteiger partial charge >= 0.3 is 0 Å². The lowest BCUT2D eigenvalue weighted by molar-refractivity contribution is 0.167. The van der Waals surface area contributed by atoms with Crippen molar-refractivity contribution in [2.45, 2.75) is 38.3 Å². The van der Waals surface area contributed by atoms with Gasteiger partial charge in [-0.3, -0.25) is 4.90 Å². The van der Waals surface area contributed by atoms with Crippen molar-refractivity contribution < 1.29 is 4.74 Å². The Labute approximate surface area is 115 Å². The van der Waals surface area contributed by atoms with Crippen LogP contribution in [0, 0.1) is 0 Å². The molecule has 0 bridgehead atoms. The molecule has 2 heterocycles. The molecule has 104 valence electrons. The number of para-hydroxylation sites is 1.